The molecule has 0 aromatic carbocycles. The van der Waals surface area contributed by atoms with Crippen LogP contribution in [0.3, 0.4) is 0 Å². The molecule has 1 aliphatic heterocycles. The molecule has 0 radical (unpaired) electrons. The first-order valence-electron chi connectivity index (χ1n) is 7.81. The van der Waals surface area contributed by atoms with Crippen molar-refractivity contribution in [2.24, 2.45) is 5.41 Å². The van der Waals surface area contributed by atoms with Gasteiger partial charge in [0.15, 0.2) is 0 Å². The second kappa shape index (κ2) is 7.16. The van der Waals surface area contributed by atoms with E-state index in [0.717, 1.165) is 6.04 Å². The minimum atomic E-state index is 0.512. The van der Waals surface area contributed by atoms with Crippen LogP contribution in [0, 0.1) is 5.41 Å². The largest absolute Gasteiger partial charge is 0.313 e. The number of hydrogen-bond donors (Lipinski definition) is 1. The highest BCUT2D eigenvalue weighted by Gasteiger charge is 2.31. The molecule has 1 heterocycles. The van der Waals surface area contributed by atoms with Crippen molar-refractivity contribution in [1.82, 2.24) is 10.2 Å². The van der Waals surface area contributed by atoms with Gasteiger partial charge >= 0.3 is 0 Å². The third-order valence-electron chi connectivity index (χ3n) is 4.72. The average molecular weight is 270 g/mol. The Balaban J connectivity index is 1.85. The molecule has 0 spiro atoms. The molecule has 1 N–H and O–H groups in total. The number of hydrogen-bond acceptors (Lipinski definition) is 3. The van der Waals surface area contributed by atoms with E-state index >= 15 is 0 Å². The normalized spacial score (nSPS) is 23.0. The fourth-order valence-electron chi connectivity index (χ4n) is 2.86. The van der Waals surface area contributed by atoms with Gasteiger partial charge in [-0.15, -0.1) is 0 Å². The van der Waals surface area contributed by atoms with Crippen LogP contribution >= 0.6 is 11.8 Å². The van der Waals surface area contributed by atoms with Gasteiger partial charge in [-0.2, -0.15) is 11.8 Å². The minimum Gasteiger partial charge on any atom is -0.313 e. The SMILES string of the molecule is CCC(CC)(CNC1CC1)CN1CCCSCC1. The zero-order chi connectivity index (χ0) is 12.8. The summed E-state index contributed by atoms with van der Waals surface area (Å²) in [5, 5.41) is 3.77. The number of rotatable bonds is 7. The lowest BCUT2D eigenvalue weighted by Gasteiger charge is -2.37. The molecule has 1 aliphatic carbocycles. The molecule has 2 aliphatic rings. The Morgan fingerprint density at radius 3 is 2.61 bits per heavy atom. The van der Waals surface area contributed by atoms with E-state index in [-0.39, 0.29) is 0 Å². The van der Waals surface area contributed by atoms with E-state index < -0.39 is 0 Å². The maximum atomic E-state index is 3.77. The van der Waals surface area contributed by atoms with Crippen molar-refractivity contribution >= 4 is 11.8 Å². The summed E-state index contributed by atoms with van der Waals surface area (Å²) in [7, 11) is 0. The van der Waals surface area contributed by atoms with E-state index in [1.165, 1.54) is 69.8 Å². The summed E-state index contributed by atoms with van der Waals surface area (Å²) in [5.41, 5.74) is 0.512. The fourth-order valence-corrected chi connectivity index (χ4v) is 3.78. The summed E-state index contributed by atoms with van der Waals surface area (Å²) in [6.45, 7) is 9.91. The maximum absolute atomic E-state index is 3.77. The third-order valence-corrected chi connectivity index (χ3v) is 5.77. The maximum Gasteiger partial charge on any atom is 0.00726 e. The molecule has 0 aromatic rings. The van der Waals surface area contributed by atoms with Crippen molar-refractivity contribution < 1.29 is 0 Å². The lowest BCUT2D eigenvalue weighted by Crippen LogP contribution is -2.44. The quantitative estimate of drug-likeness (QED) is 0.765. The lowest BCUT2D eigenvalue weighted by atomic mass is 9.81. The first kappa shape index (κ1) is 14.7. The molecule has 106 valence electrons. The van der Waals surface area contributed by atoms with Gasteiger partial charge in [0, 0.05) is 31.4 Å². The average Bonchev–Trinajstić information content (AvgIpc) is 3.22. The summed E-state index contributed by atoms with van der Waals surface area (Å²) in [6.07, 6.45) is 6.82. The molecule has 0 aromatic heterocycles. The molecule has 1 saturated carbocycles. The Kier molecular flexibility index (Phi) is 5.84. The van der Waals surface area contributed by atoms with E-state index in [2.05, 4.69) is 35.8 Å². The smallest absolute Gasteiger partial charge is 0.00726 e. The number of thioether (sulfide) groups is 1. The second-order valence-corrected chi connectivity index (χ2v) is 7.33. The molecule has 0 unspecified atom stereocenters. The predicted octanol–water partition coefficient (Wildman–Crippen LogP) is 2.98. The van der Waals surface area contributed by atoms with Gasteiger partial charge < -0.3 is 10.2 Å². The van der Waals surface area contributed by atoms with Gasteiger partial charge in [-0.1, -0.05) is 13.8 Å². The van der Waals surface area contributed by atoms with Gasteiger partial charge in [-0.3, -0.25) is 0 Å². The minimum absolute atomic E-state index is 0.512. The second-order valence-electron chi connectivity index (χ2n) is 6.10. The van der Waals surface area contributed by atoms with Gasteiger partial charge in [0.2, 0.25) is 0 Å². The van der Waals surface area contributed by atoms with E-state index in [0.29, 0.717) is 5.41 Å². The first-order valence-corrected chi connectivity index (χ1v) is 8.97. The Morgan fingerprint density at radius 1 is 1.17 bits per heavy atom. The highest BCUT2D eigenvalue weighted by molar-refractivity contribution is 7.99. The predicted molar refractivity (Wildman–Crippen MR) is 82.4 cm³/mol. The van der Waals surface area contributed by atoms with E-state index in [1.807, 2.05) is 0 Å². The van der Waals surface area contributed by atoms with Crippen molar-refractivity contribution in [3.63, 3.8) is 0 Å². The van der Waals surface area contributed by atoms with Crippen LogP contribution in [0.25, 0.3) is 0 Å². The Hall–Kier alpha value is 0.270. The Morgan fingerprint density at radius 2 is 1.94 bits per heavy atom. The molecule has 2 rings (SSSR count). The lowest BCUT2D eigenvalue weighted by molar-refractivity contribution is 0.140. The monoisotopic (exact) mass is 270 g/mol. The summed E-state index contributed by atoms with van der Waals surface area (Å²) in [6, 6.07) is 0.849. The van der Waals surface area contributed by atoms with Gasteiger partial charge in [0.25, 0.3) is 0 Å². The molecule has 18 heavy (non-hydrogen) atoms. The van der Waals surface area contributed by atoms with Crippen molar-refractivity contribution in [1.29, 1.82) is 0 Å². The first-order chi connectivity index (χ1) is 8.78. The zero-order valence-electron chi connectivity index (χ0n) is 12.2. The van der Waals surface area contributed by atoms with Crippen LogP contribution in [0.5, 0.6) is 0 Å². The van der Waals surface area contributed by atoms with Gasteiger partial charge in [0.1, 0.15) is 0 Å². The van der Waals surface area contributed by atoms with Crippen LogP contribution < -0.4 is 5.32 Å². The van der Waals surface area contributed by atoms with Crippen LogP contribution in [-0.4, -0.2) is 48.6 Å². The highest BCUT2D eigenvalue weighted by atomic mass is 32.2. The van der Waals surface area contributed by atoms with Crippen molar-refractivity contribution in [3.8, 4) is 0 Å². The highest BCUT2D eigenvalue weighted by Crippen LogP contribution is 2.30. The topological polar surface area (TPSA) is 15.3 Å². The summed E-state index contributed by atoms with van der Waals surface area (Å²) < 4.78 is 0. The summed E-state index contributed by atoms with van der Waals surface area (Å²) in [4.78, 5) is 2.72. The van der Waals surface area contributed by atoms with Crippen LogP contribution in [0.15, 0.2) is 0 Å². The van der Waals surface area contributed by atoms with Gasteiger partial charge in [0.05, 0.1) is 0 Å². The van der Waals surface area contributed by atoms with Crippen LogP contribution in [-0.2, 0) is 0 Å². The van der Waals surface area contributed by atoms with Gasteiger partial charge in [-0.25, -0.2) is 0 Å². The Labute approximate surface area is 117 Å². The van der Waals surface area contributed by atoms with Crippen LogP contribution in [0.2, 0.25) is 0 Å². The molecule has 3 heteroatoms. The Bertz CT molecular complexity index is 229. The van der Waals surface area contributed by atoms with E-state index in [9.17, 15) is 0 Å². The van der Waals surface area contributed by atoms with Gasteiger partial charge in [-0.05, 0) is 49.8 Å². The van der Waals surface area contributed by atoms with E-state index in [1.54, 1.807) is 0 Å². The molecule has 0 amide bonds. The molecule has 2 fully saturated rings. The van der Waals surface area contributed by atoms with Crippen molar-refractivity contribution in [2.45, 2.75) is 52.0 Å². The van der Waals surface area contributed by atoms with Crippen LogP contribution in [0.1, 0.15) is 46.0 Å². The summed E-state index contributed by atoms with van der Waals surface area (Å²) in [5.74, 6) is 2.70. The van der Waals surface area contributed by atoms with Crippen LogP contribution in [0.4, 0.5) is 0 Å². The van der Waals surface area contributed by atoms with Crippen molar-refractivity contribution in [2.75, 3.05) is 37.7 Å². The molecule has 0 bridgehead atoms. The standard InChI is InChI=1S/C15H30N2S/c1-3-15(4-2,12-16-14-6-7-14)13-17-8-5-10-18-11-9-17/h14,16H,3-13H2,1-2H3. The third kappa shape index (κ3) is 4.43. The fraction of sp³-hybridized carbons (Fsp3) is 1.00. The van der Waals surface area contributed by atoms with Crippen molar-refractivity contribution in [3.05, 3.63) is 0 Å². The molecule has 2 nitrogen and oxygen atoms in total. The summed E-state index contributed by atoms with van der Waals surface area (Å²) >= 11 is 2.13. The number of nitrogens with one attached hydrogen (secondary N) is 1. The molecule has 0 atom stereocenters. The molecular formula is C15H30N2S. The van der Waals surface area contributed by atoms with E-state index in [4.69, 9.17) is 0 Å². The molecule has 1 saturated heterocycles. The number of nitrogens with zero attached hydrogens (tertiary/aromatic N) is 1. The molecular weight excluding hydrogens is 240 g/mol. The zero-order valence-corrected chi connectivity index (χ0v) is 13.0.